The Morgan fingerprint density at radius 3 is 0.483 bits per heavy atom. The largest absolute Gasteiger partial charge is 3.00 e. The number of alkyl halides is 21. The minimum atomic E-state index is -6.61. The quantitative estimate of drug-likeness (QED) is 0.0838. The Morgan fingerprint density at radius 1 is 0.276 bits per heavy atom. The molecule has 0 heterocycles. The Balaban J connectivity index is -0.000000374. The number of hydrogen-bond acceptors (Lipinski definition) is 6. The standard InChI is InChI=1S/3C10H10F7O2.Al/c3*1-7(2,3)5(18)4-6(19)8(11,12)9(13,14)10(15,16)17;/h3*4H,1-3H3;/q3*-1;+3. The Kier molecular flexibility index (Phi) is 19.6. The van der Waals surface area contributed by atoms with Crippen LogP contribution in [0.5, 0.6) is 0 Å². The molecule has 0 bridgehead atoms. The van der Waals surface area contributed by atoms with Gasteiger partial charge in [0.05, 0.1) is 17.3 Å². The van der Waals surface area contributed by atoms with Crippen LogP contribution in [-0.2, 0) is 28.8 Å². The summed E-state index contributed by atoms with van der Waals surface area (Å²) in [4.78, 5) is 65.9. The van der Waals surface area contributed by atoms with E-state index in [1.807, 2.05) is 0 Å². The van der Waals surface area contributed by atoms with Crippen LogP contribution in [0.25, 0.3) is 0 Å². The third-order valence-electron chi connectivity index (χ3n) is 6.18. The van der Waals surface area contributed by atoms with Crippen LogP contribution < -0.4 is 0 Å². The summed E-state index contributed by atoms with van der Waals surface area (Å²) in [5.41, 5.74) is -4.09. The number of Topliss-reactive ketones (excluding diaryl/α,β-unsaturated/α-hetero) is 6. The van der Waals surface area contributed by atoms with E-state index in [-0.39, 0.29) is 17.4 Å². The number of halogens is 21. The molecule has 0 amide bonds. The van der Waals surface area contributed by atoms with E-state index in [4.69, 9.17) is 0 Å². The molecule has 0 aromatic rings. The molecule has 0 rings (SSSR count). The molecule has 58 heavy (non-hydrogen) atoms. The van der Waals surface area contributed by atoms with Gasteiger partial charge in [0.1, 0.15) is 0 Å². The van der Waals surface area contributed by atoms with Crippen molar-refractivity contribution in [3.63, 3.8) is 0 Å². The van der Waals surface area contributed by atoms with Crippen LogP contribution in [0.3, 0.4) is 0 Å². The number of ketones is 6. The molecule has 0 unspecified atom stereocenters. The van der Waals surface area contributed by atoms with Gasteiger partial charge in [-0.1, -0.05) is 62.3 Å². The Labute approximate surface area is 325 Å². The van der Waals surface area contributed by atoms with Crippen molar-refractivity contribution in [3.05, 3.63) is 19.3 Å². The van der Waals surface area contributed by atoms with E-state index in [9.17, 15) is 121 Å². The van der Waals surface area contributed by atoms with E-state index in [0.717, 1.165) is 0 Å². The minimum Gasteiger partial charge on any atom is -0.333 e. The maximum atomic E-state index is 12.8. The molecule has 0 aliphatic heterocycles. The first kappa shape index (κ1) is 61.4. The van der Waals surface area contributed by atoms with Crippen LogP contribution >= 0.6 is 0 Å². The Bertz CT molecular complexity index is 1310. The van der Waals surface area contributed by atoms with Gasteiger partial charge in [-0.2, -0.15) is 92.2 Å². The van der Waals surface area contributed by atoms with Crippen molar-refractivity contribution < 1.29 is 121 Å². The fourth-order valence-corrected chi connectivity index (χ4v) is 2.28. The molecule has 0 atom stereocenters. The molecule has 0 fully saturated rings. The molecule has 0 aliphatic rings. The summed E-state index contributed by atoms with van der Waals surface area (Å²) in [6, 6.07) is 0. The zero-order valence-electron chi connectivity index (χ0n) is 30.7. The molecule has 0 aromatic carbocycles. The number of carbonyl (C=O) groups excluding carboxylic acids is 6. The van der Waals surface area contributed by atoms with Crippen molar-refractivity contribution in [2.45, 2.75) is 116 Å². The third kappa shape index (κ3) is 14.5. The van der Waals surface area contributed by atoms with Crippen molar-refractivity contribution >= 4 is 52.1 Å². The molecule has 0 N–H and O–H groups in total. The van der Waals surface area contributed by atoms with Gasteiger partial charge in [0.2, 0.25) is 0 Å². The molecule has 6 nitrogen and oxygen atoms in total. The van der Waals surface area contributed by atoms with Crippen molar-refractivity contribution in [2.75, 3.05) is 0 Å². The maximum absolute atomic E-state index is 12.8. The number of rotatable bonds is 12. The fraction of sp³-hybridized carbons (Fsp3) is 0.700. The molecule has 0 radical (unpaired) electrons. The SMILES string of the molecule is CC(C)(C)C(=O)[CH-]C(=O)C(F)(F)C(F)(F)C(F)(F)F.CC(C)(C)C(=O)[CH-]C(=O)C(F)(F)C(F)(F)C(F)(F)F.CC(C)(C)C(=O)[CH-]C(=O)C(F)(F)C(F)(F)C(F)(F)F.[Al+3]. The van der Waals surface area contributed by atoms with Gasteiger partial charge in [0, 0.05) is 17.3 Å². The number of hydrogen-bond donors (Lipinski definition) is 0. The van der Waals surface area contributed by atoms with Crippen molar-refractivity contribution in [1.29, 1.82) is 0 Å². The summed E-state index contributed by atoms with van der Waals surface area (Å²) in [5.74, 6) is -50.2. The molecular formula is C30H30AlF21O6. The summed E-state index contributed by atoms with van der Waals surface area (Å²) in [6.45, 7) is 10.6. The van der Waals surface area contributed by atoms with Gasteiger partial charge < -0.3 is 28.8 Å². The summed E-state index contributed by atoms with van der Waals surface area (Å²) < 4.78 is 258. The summed E-state index contributed by atoms with van der Waals surface area (Å²) >= 11 is 0. The Hall–Kier alpha value is -3.31. The molecule has 0 saturated heterocycles. The predicted molar refractivity (Wildman–Crippen MR) is 155 cm³/mol. The second kappa shape index (κ2) is 18.5. The monoisotopic (exact) mass is 912 g/mol. The minimum absolute atomic E-state index is 0. The van der Waals surface area contributed by atoms with Crippen molar-refractivity contribution in [2.24, 2.45) is 16.2 Å². The molecule has 0 aromatic heterocycles. The van der Waals surface area contributed by atoms with Gasteiger partial charge in [-0.25, -0.2) is 0 Å². The zero-order chi connectivity index (χ0) is 47.6. The van der Waals surface area contributed by atoms with Crippen molar-refractivity contribution in [3.8, 4) is 0 Å². The van der Waals surface area contributed by atoms with Crippen LogP contribution in [0.4, 0.5) is 92.2 Å². The molecule has 0 spiro atoms. The summed E-state index contributed by atoms with van der Waals surface area (Å²) in [5, 5.41) is 0. The predicted octanol–water partition coefficient (Wildman–Crippen LogP) is 9.24. The average Bonchev–Trinajstić information content (AvgIpc) is 2.93. The van der Waals surface area contributed by atoms with E-state index in [0.29, 0.717) is 0 Å². The second-order valence-electron chi connectivity index (χ2n) is 14.3. The normalized spacial score (nSPS) is 14.0. The van der Waals surface area contributed by atoms with Gasteiger partial charge in [-0.3, -0.25) is 19.3 Å². The van der Waals surface area contributed by atoms with Crippen LogP contribution in [0.2, 0.25) is 0 Å². The van der Waals surface area contributed by atoms with Gasteiger partial charge in [0.15, 0.2) is 0 Å². The molecule has 336 valence electrons. The van der Waals surface area contributed by atoms with E-state index in [1.54, 1.807) is 0 Å². The molecule has 0 saturated carbocycles. The first-order chi connectivity index (χ1) is 24.1. The second-order valence-corrected chi connectivity index (χ2v) is 14.3. The topological polar surface area (TPSA) is 102 Å². The van der Waals surface area contributed by atoms with Crippen LogP contribution in [-0.4, -0.2) is 106 Å². The average molecular weight is 913 g/mol. The first-order valence-corrected chi connectivity index (χ1v) is 14.4. The molecule has 28 heteroatoms. The van der Waals surface area contributed by atoms with Crippen LogP contribution in [0.15, 0.2) is 0 Å². The van der Waals surface area contributed by atoms with Crippen LogP contribution in [0.1, 0.15) is 62.3 Å². The van der Waals surface area contributed by atoms with Gasteiger partial charge in [-0.05, 0) is 16.2 Å². The van der Waals surface area contributed by atoms with Gasteiger partial charge in [-0.15, -0.1) is 0 Å². The maximum Gasteiger partial charge on any atom is 3.00 e. The van der Waals surface area contributed by atoms with Gasteiger partial charge in [0.25, 0.3) is 0 Å². The third-order valence-corrected chi connectivity index (χ3v) is 6.18. The first-order valence-electron chi connectivity index (χ1n) is 14.4. The van der Waals surface area contributed by atoms with Gasteiger partial charge >= 0.3 is 71.4 Å². The van der Waals surface area contributed by atoms with E-state index in [2.05, 4.69) is 0 Å². The summed E-state index contributed by atoms with van der Waals surface area (Å²) in [7, 11) is 0. The van der Waals surface area contributed by atoms with Crippen LogP contribution in [0, 0.1) is 35.5 Å². The fourth-order valence-electron chi connectivity index (χ4n) is 2.28. The smallest absolute Gasteiger partial charge is 0.333 e. The molecular weight excluding hydrogens is 882 g/mol. The summed E-state index contributed by atoms with van der Waals surface area (Å²) in [6.07, 6.45) is -21.1. The van der Waals surface area contributed by atoms with E-state index >= 15 is 0 Å². The van der Waals surface area contributed by atoms with Crippen molar-refractivity contribution in [1.82, 2.24) is 0 Å². The molecule has 0 aliphatic carbocycles. The zero-order valence-corrected chi connectivity index (χ0v) is 31.9. The Morgan fingerprint density at radius 2 is 0.397 bits per heavy atom. The van der Waals surface area contributed by atoms with E-state index in [1.165, 1.54) is 62.3 Å². The number of carbonyl (C=O) groups is 6. The van der Waals surface area contributed by atoms with E-state index < -0.39 is 124 Å².